The second-order valence-corrected chi connectivity index (χ2v) is 6.80. The van der Waals surface area contributed by atoms with E-state index >= 15 is 0 Å². The third-order valence-corrected chi connectivity index (χ3v) is 5.27. The van der Waals surface area contributed by atoms with Crippen molar-refractivity contribution < 1.29 is 0 Å². The zero-order chi connectivity index (χ0) is 14.0. The van der Waals surface area contributed by atoms with Crippen molar-refractivity contribution in [3.8, 4) is 0 Å². The topological polar surface area (TPSA) is 15.3 Å². The van der Waals surface area contributed by atoms with Crippen molar-refractivity contribution in [2.24, 2.45) is 5.92 Å². The highest BCUT2D eigenvalue weighted by molar-refractivity contribution is 5.25. The molecule has 1 saturated heterocycles. The SMILES string of the molecule is CCC1CN(CCC2CC2)C(C)(c2ccccc2)CN1. The quantitative estimate of drug-likeness (QED) is 0.884. The van der Waals surface area contributed by atoms with Crippen LogP contribution in [0.15, 0.2) is 30.3 Å². The van der Waals surface area contributed by atoms with Crippen LogP contribution in [0.3, 0.4) is 0 Å². The number of nitrogens with one attached hydrogen (secondary N) is 1. The van der Waals surface area contributed by atoms with Gasteiger partial charge in [0.2, 0.25) is 0 Å². The highest BCUT2D eigenvalue weighted by Crippen LogP contribution is 2.36. The van der Waals surface area contributed by atoms with Gasteiger partial charge in [-0.05, 0) is 37.8 Å². The molecule has 1 aliphatic heterocycles. The van der Waals surface area contributed by atoms with E-state index in [4.69, 9.17) is 0 Å². The van der Waals surface area contributed by atoms with Crippen molar-refractivity contribution in [3.63, 3.8) is 0 Å². The third-order valence-electron chi connectivity index (χ3n) is 5.27. The molecule has 0 radical (unpaired) electrons. The van der Waals surface area contributed by atoms with Gasteiger partial charge in [0.15, 0.2) is 0 Å². The summed E-state index contributed by atoms with van der Waals surface area (Å²) in [5.41, 5.74) is 1.61. The molecular formula is C18H28N2. The maximum Gasteiger partial charge on any atom is 0.0558 e. The molecule has 2 aliphatic rings. The Kier molecular flexibility index (Phi) is 4.13. The Morgan fingerprint density at radius 1 is 1.25 bits per heavy atom. The Balaban J connectivity index is 1.77. The number of hydrogen-bond donors (Lipinski definition) is 1. The van der Waals surface area contributed by atoms with Gasteiger partial charge in [0, 0.05) is 19.1 Å². The lowest BCUT2D eigenvalue weighted by Gasteiger charge is -2.48. The van der Waals surface area contributed by atoms with Gasteiger partial charge in [-0.15, -0.1) is 0 Å². The lowest BCUT2D eigenvalue weighted by Crippen LogP contribution is -2.61. The van der Waals surface area contributed by atoms with Gasteiger partial charge in [-0.2, -0.15) is 0 Å². The summed E-state index contributed by atoms with van der Waals surface area (Å²) in [5.74, 6) is 1.02. The van der Waals surface area contributed by atoms with Crippen LogP contribution in [0, 0.1) is 5.92 Å². The van der Waals surface area contributed by atoms with Crippen LogP contribution in [0.5, 0.6) is 0 Å². The first-order valence-corrected chi connectivity index (χ1v) is 8.26. The molecule has 2 atom stereocenters. The van der Waals surface area contributed by atoms with Crippen LogP contribution in [0.4, 0.5) is 0 Å². The van der Waals surface area contributed by atoms with E-state index < -0.39 is 0 Å². The van der Waals surface area contributed by atoms with Crippen molar-refractivity contribution >= 4 is 0 Å². The van der Waals surface area contributed by atoms with Gasteiger partial charge in [0.25, 0.3) is 0 Å². The average molecular weight is 272 g/mol. The molecule has 20 heavy (non-hydrogen) atoms. The molecule has 1 aromatic rings. The van der Waals surface area contributed by atoms with Gasteiger partial charge in [0.1, 0.15) is 0 Å². The molecule has 2 nitrogen and oxygen atoms in total. The summed E-state index contributed by atoms with van der Waals surface area (Å²) >= 11 is 0. The largest absolute Gasteiger partial charge is 0.311 e. The molecule has 0 spiro atoms. The molecule has 2 heteroatoms. The fourth-order valence-electron chi connectivity index (χ4n) is 3.43. The fourth-order valence-corrected chi connectivity index (χ4v) is 3.43. The minimum atomic E-state index is 0.155. The molecule has 0 bridgehead atoms. The predicted molar refractivity (Wildman–Crippen MR) is 84.8 cm³/mol. The zero-order valence-electron chi connectivity index (χ0n) is 12.9. The monoisotopic (exact) mass is 272 g/mol. The smallest absolute Gasteiger partial charge is 0.0558 e. The second-order valence-electron chi connectivity index (χ2n) is 6.80. The lowest BCUT2D eigenvalue weighted by atomic mass is 9.86. The second kappa shape index (κ2) is 5.87. The number of nitrogens with zero attached hydrogens (tertiary/aromatic N) is 1. The summed E-state index contributed by atoms with van der Waals surface area (Å²) in [5, 5.41) is 3.75. The van der Waals surface area contributed by atoms with Crippen LogP contribution in [0.1, 0.15) is 45.1 Å². The van der Waals surface area contributed by atoms with Gasteiger partial charge in [0.05, 0.1) is 5.54 Å². The van der Waals surface area contributed by atoms with E-state index in [-0.39, 0.29) is 5.54 Å². The standard InChI is InChI=1S/C18H28N2/c1-3-17-13-20(12-11-15-9-10-15)18(2,14-19-17)16-7-5-4-6-8-16/h4-8,15,17,19H,3,9-14H2,1-2H3. The molecule has 1 N–H and O–H groups in total. The molecule has 0 amide bonds. The molecule has 2 fully saturated rings. The average Bonchev–Trinajstić information content (AvgIpc) is 3.31. The van der Waals surface area contributed by atoms with E-state index in [0.717, 1.165) is 12.5 Å². The normalized spacial score (nSPS) is 31.4. The third kappa shape index (κ3) is 2.91. The number of piperazine rings is 1. The molecule has 110 valence electrons. The highest BCUT2D eigenvalue weighted by atomic mass is 15.3. The number of rotatable bonds is 5. The minimum Gasteiger partial charge on any atom is -0.311 e. The van der Waals surface area contributed by atoms with Gasteiger partial charge in [-0.25, -0.2) is 0 Å². The van der Waals surface area contributed by atoms with Crippen molar-refractivity contribution in [2.45, 2.75) is 51.1 Å². The highest BCUT2D eigenvalue weighted by Gasteiger charge is 2.39. The molecule has 1 heterocycles. The molecule has 0 aromatic heterocycles. The van der Waals surface area contributed by atoms with Crippen molar-refractivity contribution in [1.29, 1.82) is 0 Å². The van der Waals surface area contributed by atoms with E-state index in [1.807, 2.05) is 0 Å². The van der Waals surface area contributed by atoms with Gasteiger partial charge in [-0.3, -0.25) is 4.90 Å². The van der Waals surface area contributed by atoms with Crippen LogP contribution in [-0.2, 0) is 5.54 Å². The Bertz CT molecular complexity index is 426. The van der Waals surface area contributed by atoms with Crippen molar-refractivity contribution in [1.82, 2.24) is 10.2 Å². The van der Waals surface area contributed by atoms with Crippen molar-refractivity contribution in [3.05, 3.63) is 35.9 Å². The van der Waals surface area contributed by atoms with Crippen molar-refractivity contribution in [2.75, 3.05) is 19.6 Å². The minimum absolute atomic E-state index is 0.155. The summed E-state index contributed by atoms with van der Waals surface area (Å²) in [6, 6.07) is 11.7. The maximum atomic E-state index is 3.75. The number of hydrogen-bond acceptors (Lipinski definition) is 2. The van der Waals surface area contributed by atoms with Crippen LogP contribution >= 0.6 is 0 Å². The maximum absolute atomic E-state index is 3.75. The Hall–Kier alpha value is -0.860. The van der Waals surface area contributed by atoms with E-state index in [0.29, 0.717) is 6.04 Å². The molecular weight excluding hydrogens is 244 g/mol. The molecule has 2 unspecified atom stereocenters. The van der Waals surface area contributed by atoms with E-state index in [9.17, 15) is 0 Å². The van der Waals surface area contributed by atoms with Crippen LogP contribution in [-0.4, -0.2) is 30.6 Å². The summed E-state index contributed by atoms with van der Waals surface area (Å²) < 4.78 is 0. The first kappa shape index (κ1) is 14.1. The van der Waals surface area contributed by atoms with Crippen LogP contribution < -0.4 is 5.32 Å². The van der Waals surface area contributed by atoms with E-state index in [1.165, 1.54) is 44.3 Å². The molecule has 1 saturated carbocycles. The summed E-state index contributed by atoms with van der Waals surface area (Å²) in [4.78, 5) is 2.74. The molecule has 1 aromatic carbocycles. The predicted octanol–water partition coefficient (Wildman–Crippen LogP) is 3.39. The van der Waals surface area contributed by atoms with Gasteiger partial charge >= 0.3 is 0 Å². The summed E-state index contributed by atoms with van der Waals surface area (Å²) in [7, 11) is 0. The number of benzene rings is 1. The first-order valence-electron chi connectivity index (χ1n) is 8.26. The molecule has 3 rings (SSSR count). The van der Waals surface area contributed by atoms with Gasteiger partial charge < -0.3 is 5.32 Å². The van der Waals surface area contributed by atoms with E-state index in [1.54, 1.807) is 0 Å². The Morgan fingerprint density at radius 2 is 2.00 bits per heavy atom. The summed E-state index contributed by atoms with van der Waals surface area (Å²) in [6.45, 7) is 8.22. The zero-order valence-corrected chi connectivity index (χ0v) is 12.9. The Morgan fingerprint density at radius 3 is 2.65 bits per heavy atom. The van der Waals surface area contributed by atoms with Crippen LogP contribution in [0.2, 0.25) is 0 Å². The van der Waals surface area contributed by atoms with Crippen LogP contribution in [0.25, 0.3) is 0 Å². The Labute approximate surface area is 123 Å². The first-order chi connectivity index (χ1) is 9.72. The molecule has 1 aliphatic carbocycles. The van der Waals surface area contributed by atoms with Gasteiger partial charge in [-0.1, -0.05) is 50.1 Å². The van der Waals surface area contributed by atoms with E-state index in [2.05, 4.69) is 54.4 Å². The lowest BCUT2D eigenvalue weighted by molar-refractivity contribution is 0.0463. The fraction of sp³-hybridized carbons (Fsp3) is 0.667. The summed E-state index contributed by atoms with van der Waals surface area (Å²) in [6.07, 6.45) is 5.54.